The van der Waals surface area contributed by atoms with Crippen molar-refractivity contribution in [3.63, 3.8) is 0 Å². The summed E-state index contributed by atoms with van der Waals surface area (Å²) in [7, 11) is 1.79. The van der Waals surface area contributed by atoms with Crippen LogP contribution in [0, 0.1) is 13.8 Å². The standard InChI is InChI=1S/C22H23Cl2N5O2S/c1-12-6-5-7-13(2)19(12)26-18(30)11-32-22-28-27-20(29(22)4)14(3)25-21(31)15-8-9-16(23)17(24)10-15/h5-10,14H,11H2,1-4H3,(H,25,31)(H,26,30)/t14-/m0/s1. The van der Waals surface area contributed by atoms with E-state index in [1.165, 1.54) is 17.8 Å². The Labute approximate surface area is 200 Å². The Morgan fingerprint density at radius 3 is 2.44 bits per heavy atom. The number of anilines is 1. The summed E-state index contributed by atoms with van der Waals surface area (Å²) in [6, 6.07) is 10.1. The van der Waals surface area contributed by atoms with E-state index in [1.54, 1.807) is 23.7 Å². The summed E-state index contributed by atoms with van der Waals surface area (Å²) in [6.45, 7) is 5.72. The van der Waals surface area contributed by atoms with Crippen molar-refractivity contribution in [1.82, 2.24) is 20.1 Å². The number of amides is 2. The Morgan fingerprint density at radius 1 is 1.09 bits per heavy atom. The lowest BCUT2D eigenvalue weighted by Gasteiger charge is -2.14. The molecule has 0 unspecified atom stereocenters. The van der Waals surface area contributed by atoms with Crippen molar-refractivity contribution < 1.29 is 9.59 Å². The number of halogens is 2. The van der Waals surface area contributed by atoms with Crippen LogP contribution in [0.25, 0.3) is 0 Å². The van der Waals surface area contributed by atoms with Crippen LogP contribution in [0.4, 0.5) is 5.69 Å². The SMILES string of the molecule is Cc1cccc(C)c1NC(=O)CSc1nnc([C@H](C)NC(=O)c2ccc(Cl)c(Cl)c2)n1C. The number of rotatable bonds is 7. The normalized spacial score (nSPS) is 11.8. The highest BCUT2D eigenvalue weighted by molar-refractivity contribution is 7.99. The lowest BCUT2D eigenvalue weighted by atomic mass is 10.1. The number of hydrogen-bond donors (Lipinski definition) is 2. The molecular weight excluding hydrogens is 469 g/mol. The zero-order valence-corrected chi connectivity index (χ0v) is 20.4. The first-order valence-corrected chi connectivity index (χ1v) is 11.6. The van der Waals surface area contributed by atoms with E-state index in [0.29, 0.717) is 26.6 Å². The van der Waals surface area contributed by atoms with Crippen molar-refractivity contribution in [1.29, 1.82) is 0 Å². The fourth-order valence-corrected chi connectivity index (χ4v) is 4.14. The predicted octanol–water partition coefficient (Wildman–Crippen LogP) is 4.96. The quantitative estimate of drug-likeness (QED) is 0.455. The number of nitrogens with one attached hydrogen (secondary N) is 2. The van der Waals surface area contributed by atoms with E-state index in [9.17, 15) is 9.59 Å². The molecule has 3 aromatic rings. The van der Waals surface area contributed by atoms with Gasteiger partial charge >= 0.3 is 0 Å². The molecule has 2 aromatic carbocycles. The summed E-state index contributed by atoms with van der Waals surface area (Å²) in [5.74, 6) is 0.319. The topological polar surface area (TPSA) is 88.9 Å². The number of para-hydroxylation sites is 1. The molecule has 0 aliphatic rings. The molecule has 2 N–H and O–H groups in total. The maximum absolute atomic E-state index is 12.5. The molecule has 3 rings (SSSR count). The van der Waals surface area contributed by atoms with E-state index in [0.717, 1.165) is 16.8 Å². The fourth-order valence-electron chi connectivity index (χ4n) is 3.13. The Kier molecular flexibility index (Phi) is 7.82. The van der Waals surface area contributed by atoms with E-state index in [1.807, 2.05) is 39.0 Å². The molecule has 0 radical (unpaired) electrons. The van der Waals surface area contributed by atoms with Gasteiger partial charge in [0.1, 0.15) is 0 Å². The average Bonchev–Trinajstić information content (AvgIpc) is 3.11. The van der Waals surface area contributed by atoms with Crippen LogP contribution >= 0.6 is 35.0 Å². The molecule has 168 valence electrons. The number of carbonyl (C=O) groups excluding carboxylic acids is 2. The second-order valence-electron chi connectivity index (χ2n) is 7.33. The van der Waals surface area contributed by atoms with E-state index in [2.05, 4.69) is 20.8 Å². The first-order valence-electron chi connectivity index (χ1n) is 9.81. The summed E-state index contributed by atoms with van der Waals surface area (Å²) >= 11 is 13.2. The zero-order chi connectivity index (χ0) is 23.4. The number of benzene rings is 2. The van der Waals surface area contributed by atoms with Crippen molar-refractivity contribution in [2.45, 2.75) is 32.0 Å². The van der Waals surface area contributed by atoms with Crippen LogP contribution in [-0.4, -0.2) is 32.3 Å². The monoisotopic (exact) mass is 491 g/mol. The van der Waals surface area contributed by atoms with Crippen LogP contribution in [0.1, 0.15) is 40.3 Å². The van der Waals surface area contributed by atoms with Gasteiger partial charge in [-0.2, -0.15) is 0 Å². The Bertz CT molecular complexity index is 1140. The van der Waals surface area contributed by atoms with Gasteiger partial charge in [-0.15, -0.1) is 10.2 Å². The highest BCUT2D eigenvalue weighted by Crippen LogP contribution is 2.24. The molecule has 1 aromatic heterocycles. The smallest absolute Gasteiger partial charge is 0.251 e. The maximum Gasteiger partial charge on any atom is 0.251 e. The molecule has 2 amide bonds. The van der Waals surface area contributed by atoms with Crippen LogP contribution < -0.4 is 10.6 Å². The second kappa shape index (κ2) is 10.4. The van der Waals surface area contributed by atoms with Gasteiger partial charge in [0, 0.05) is 18.3 Å². The minimum atomic E-state index is -0.410. The molecule has 0 saturated heterocycles. The van der Waals surface area contributed by atoms with Crippen LogP contribution in [0.3, 0.4) is 0 Å². The molecule has 0 fully saturated rings. The summed E-state index contributed by atoms with van der Waals surface area (Å²) < 4.78 is 1.76. The predicted molar refractivity (Wildman–Crippen MR) is 129 cm³/mol. The van der Waals surface area contributed by atoms with Gasteiger partial charge in [0.15, 0.2) is 11.0 Å². The average molecular weight is 492 g/mol. The van der Waals surface area contributed by atoms with Gasteiger partial charge < -0.3 is 15.2 Å². The van der Waals surface area contributed by atoms with Crippen LogP contribution in [0.5, 0.6) is 0 Å². The Balaban J connectivity index is 1.61. The third-order valence-electron chi connectivity index (χ3n) is 4.86. The fraction of sp³-hybridized carbons (Fsp3) is 0.273. The van der Waals surface area contributed by atoms with Crippen molar-refractivity contribution in [3.05, 3.63) is 69.0 Å². The van der Waals surface area contributed by atoms with Gasteiger partial charge in [-0.05, 0) is 50.1 Å². The Morgan fingerprint density at radius 2 is 1.78 bits per heavy atom. The molecule has 0 spiro atoms. The van der Waals surface area contributed by atoms with Crippen LogP contribution in [0.2, 0.25) is 10.0 Å². The lowest BCUT2D eigenvalue weighted by molar-refractivity contribution is -0.113. The summed E-state index contributed by atoms with van der Waals surface area (Å²) in [5, 5.41) is 15.4. The lowest BCUT2D eigenvalue weighted by Crippen LogP contribution is -2.28. The highest BCUT2D eigenvalue weighted by atomic mass is 35.5. The molecule has 0 aliphatic carbocycles. The highest BCUT2D eigenvalue weighted by Gasteiger charge is 2.19. The maximum atomic E-state index is 12.5. The largest absolute Gasteiger partial charge is 0.342 e. The molecule has 1 heterocycles. The molecule has 0 bridgehead atoms. The van der Waals surface area contributed by atoms with Crippen molar-refractivity contribution in [2.75, 3.05) is 11.1 Å². The van der Waals surface area contributed by atoms with Crippen molar-refractivity contribution >= 4 is 52.5 Å². The number of thioether (sulfide) groups is 1. The number of carbonyl (C=O) groups is 2. The molecule has 7 nitrogen and oxygen atoms in total. The summed E-state index contributed by atoms with van der Waals surface area (Å²) in [6.07, 6.45) is 0. The molecule has 32 heavy (non-hydrogen) atoms. The van der Waals surface area contributed by atoms with E-state index in [4.69, 9.17) is 23.2 Å². The third-order valence-corrected chi connectivity index (χ3v) is 6.62. The first kappa shape index (κ1) is 24.1. The van der Waals surface area contributed by atoms with Gasteiger partial charge in [-0.1, -0.05) is 53.2 Å². The number of nitrogens with zero attached hydrogens (tertiary/aromatic N) is 3. The minimum absolute atomic E-state index is 0.127. The zero-order valence-electron chi connectivity index (χ0n) is 18.1. The minimum Gasteiger partial charge on any atom is -0.342 e. The summed E-state index contributed by atoms with van der Waals surface area (Å²) in [4.78, 5) is 25.0. The molecule has 0 saturated carbocycles. The van der Waals surface area contributed by atoms with Gasteiger partial charge in [-0.3, -0.25) is 9.59 Å². The number of aryl methyl sites for hydroxylation is 2. The first-order chi connectivity index (χ1) is 15.2. The molecule has 10 heteroatoms. The second-order valence-corrected chi connectivity index (χ2v) is 9.08. The van der Waals surface area contributed by atoms with Gasteiger partial charge in [0.2, 0.25) is 5.91 Å². The molecule has 1 atom stereocenters. The van der Waals surface area contributed by atoms with E-state index < -0.39 is 6.04 Å². The molecular formula is C22H23Cl2N5O2S. The van der Waals surface area contributed by atoms with Crippen LogP contribution in [0.15, 0.2) is 41.6 Å². The third kappa shape index (κ3) is 5.62. The van der Waals surface area contributed by atoms with Gasteiger partial charge in [-0.25, -0.2) is 0 Å². The Hall–Kier alpha value is -2.55. The van der Waals surface area contributed by atoms with Gasteiger partial charge in [0.25, 0.3) is 5.91 Å². The number of aromatic nitrogens is 3. The van der Waals surface area contributed by atoms with E-state index in [-0.39, 0.29) is 17.6 Å². The molecule has 0 aliphatic heterocycles. The summed E-state index contributed by atoms with van der Waals surface area (Å²) in [5.41, 5.74) is 3.24. The van der Waals surface area contributed by atoms with Crippen molar-refractivity contribution in [3.8, 4) is 0 Å². The van der Waals surface area contributed by atoms with Crippen molar-refractivity contribution in [2.24, 2.45) is 7.05 Å². The number of hydrogen-bond acceptors (Lipinski definition) is 5. The van der Waals surface area contributed by atoms with E-state index >= 15 is 0 Å². The van der Waals surface area contributed by atoms with Crippen LogP contribution in [-0.2, 0) is 11.8 Å². The van der Waals surface area contributed by atoms with Gasteiger partial charge in [0.05, 0.1) is 21.8 Å².